The summed E-state index contributed by atoms with van der Waals surface area (Å²) in [6.07, 6.45) is 2.45. The largest absolute Gasteiger partial charge is 0.386 e. The molecule has 2 aromatic rings. The summed E-state index contributed by atoms with van der Waals surface area (Å²) < 4.78 is 2.35. The molecule has 0 fully saturated rings. The van der Waals surface area contributed by atoms with E-state index in [1.165, 1.54) is 0 Å². The zero-order valence-electron chi connectivity index (χ0n) is 10.7. The van der Waals surface area contributed by atoms with Crippen molar-refractivity contribution in [3.05, 3.63) is 51.2 Å². The highest BCUT2D eigenvalue weighted by atomic mass is 79.9. The van der Waals surface area contributed by atoms with E-state index >= 15 is 0 Å². The van der Waals surface area contributed by atoms with Gasteiger partial charge in [-0.3, -0.25) is 9.48 Å². The molecule has 0 aliphatic carbocycles. The fourth-order valence-corrected chi connectivity index (χ4v) is 2.25. The van der Waals surface area contributed by atoms with Crippen LogP contribution in [0.3, 0.4) is 0 Å². The lowest BCUT2D eigenvalue weighted by molar-refractivity contribution is 0.0916. The Morgan fingerprint density at radius 1 is 1.60 bits per heavy atom. The minimum Gasteiger partial charge on any atom is -0.386 e. The zero-order valence-corrected chi connectivity index (χ0v) is 13.0. The smallest absolute Gasteiger partial charge is 0.252 e. The summed E-state index contributed by atoms with van der Waals surface area (Å²) in [5.74, 6) is -0.334. The first kappa shape index (κ1) is 15.0. The van der Waals surface area contributed by atoms with Crippen LogP contribution >= 0.6 is 27.5 Å². The normalized spacial score (nSPS) is 12.2. The first-order valence-corrected chi connectivity index (χ1v) is 7.04. The van der Waals surface area contributed by atoms with Crippen LogP contribution < -0.4 is 5.32 Å². The molecule has 1 aromatic heterocycles. The van der Waals surface area contributed by atoms with Crippen LogP contribution in [0, 0.1) is 0 Å². The fraction of sp³-hybridized carbons (Fsp3) is 0.231. The lowest BCUT2D eigenvalue weighted by Crippen LogP contribution is -2.28. The van der Waals surface area contributed by atoms with Crippen molar-refractivity contribution in [2.24, 2.45) is 7.05 Å². The first-order valence-electron chi connectivity index (χ1n) is 5.87. The first-order chi connectivity index (χ1) is 9.47. The van der Waals surface area contributed by atoms with Gasteiger partial charge in [0.05, 0.1) is 22.9 Å². The Morgan fingerprint density at radius 3 is 3.00 bits per heavy atom. The van der Waals surface area contributed by atoms with Crippen LogP contribution in [0.15, 0.2) is 35.1 Å². The molecule has 0 unspecified atom stereocenters. The van der Waals surface area contributed by atoms with E-state index in [9.17, 15) is 9.90 Å². The summed E-state index contributed by atoms with van der Waals surface area (Å²) >= 11 is 9.25. The number of rotatable bonds is 4. The Bertz CT molecular complexity index is 630. The molecule has 106 valence electrons. The van der Waals surface area contributed by atoms with Gasteiger partial charge in [-0.25, -0.2) is 0 Å². The van der Waals surface area contributed by atoms with Crippen molar-refractivity contribution in [3.63, 3.8) is 0 Å². The minimum atomic E-state index is -0.807. The molecule has 20 heavy (non-hydrogen) atoms. The van der Waals surface area contributed by atoms with Gasteiger partial charge in [-0.05, 0) is 18.2 Å². The Labute approximate surface area is 129 Å². The topological polar surface area (TPSA) is 67.2 Å². The molecule has 1 heterocycles. The SMILES string of the molecule is Cn1cc([C@H](O)CNC(=O)c2cc(Br)ccc2Cl)cn1. The van der Waals surface area contributed by atoms with Gasteiger partial charge in [0.25, 0.3) is 5.91 Å². The molecule has 0 bridgehead atoms. The molecule has 0 aliphatic heterocycles. The lowest BCUT2D eigenvalue weighted by Gasteiger charge is -2.11. The average molecular weight is 359 g/mol. The maximum Gasteiger partial charge on any atom is 0.252 e. The van der Waals surface area contributed by atoms with E-state index in [0.717, 1.165) is 4.47 Å². The molecular weight excluding hydrogens is 346 g/mol. The van der Waals surface area contributed by atoms with Crippen molar-refractivity contribution in [1.82, 2.24) is 15.1 Å². The number of carbonyl (C=O) groups is 1. The number of hydrogen-bond donors (Lipinski definition) is 2. The summed E-state index contributed by atoms with van der Waals surface area (Å²) in [4.78, 5) is 12.0. The number of aliphatic hydroxyl groups is 1. The lowest BCUT2D eigenvalue weighted by atomic mass is 10.2. The van der Waals surface area contributed by atoms with Gasteiger partial charge in [0.1, 0.15) is 0 Å². The summed E-state index contributed by atoms with van der Waals surface area (Å²) in [6.45, 7) is 0.0906. The number of nitrogens with one attached hydrogen (secondary N) is 1. The highest BCUT2D eigenvalue weighted by molar-refractivity contribution is 9.10. The molecule has 1 amide bonds. The van der Waals surface area contributed by atoms with Crippen molar-refractivity contribution in [3.8, 4) is 0 Å². The summed E-state index contributed by atoms with van der Waals surface area (Å²) in [6, 6.07) is 5.02. The molecule has 0 saturated heterocycles. The Morgan fingerprint density at radius 2 is 2.35 bits per heavy atom. The predicted molar refractivity (Wildman–Crippen MR) is 79.7 cm³/mol. The third kappa shape index (κ3) is 3.59. The third-order valence-electron chi connectivity index (χ3n) is 2.74. The third-order valence-corrected chi connectivity index (χ3v) is 3.56. The number of carbonyl (C=O) groups excluding carboxylic acids is 1. The fourth-order valence-electron chi connectivity index (χ4n) is 1.69. The van der Waals surface area contributed by atoms with Gasteiger partial charge in [-0.15, -0.1) is 0 Å². The van der Waals surface area contributed by atoms with E-state index in [4.69, 9.17) is 11.6 Å². The van der Waals surface area contributed by atoms with Gasteiger partial charge < -0.3 is 10.4 Å². The number of aryl methyl sites for hydroxylation is 1. The monoisotopic (exact) mass is 357 g/mol. The van der Waals surface area contributed by atoms with Crippen LogP contribution in [0.4, 0.5) is 0 Å². The van der Waals surface area contributed by atoms with Gasteiger partial charge in [0.2, 0.25) is 0 Å². The van der Waals surface area contributed by atoms with Crippen LogP contribution in [-0.2, 0) is 7.05 Å². The van der Waals surface area contributed by atoms with Crippen LogP contribution in [0.25, 0.3) is 0 Å². The number of amides is 1. The van der Waals surface area contributed by atoms with Crippen LogP contribution in [-0.4, -0.2) is 27.3 Å². The van der Waals surface area contributed by atoms with E-state index in [-0.39, 0.29) is 12.5 Å². The van der Waals surface area contributed by atoms with Gasteiger partial charge >= 0.3 is 0 Å². The van der Waals surface area contributed by atoms with Gasteiger partial charge in [0.15, 0.2) is 0 Å². The number of halogens is 2. The van der Waals surface area contributed by atoms with Gasteiger partial charge in [-0.1, -0.05) is 27.5 Å². The number of nitrogens with zero attached hydrogens (tertiary/aromatic N) is 2. The molecule has 1 aromatic carbocycles. The quantitative estimate of drug-likeness (QED) is 0.881. The van der Waals surface area contributed by atoms with E-state index in [1.54, 1.807) is 42.3 Å². The number of hydrogen-bond acceptors (Lipinski definition) is 3. The van der Waals surface area contributed by atoms with Crippen LogP contribution in [0.1, 0.15) is 22.0 Å². The minimum absolute atomic E-state index is 0.0906. The molecule has 5 nitrogen and oxygen atoms in total. The summed E-state index contributed by atoms with van der Waals surface area (Å²) in [5.41, 5.74) is 1.01. The zero-order chi connectivity index (χ0) is 14.7. The summed E-state index contributed by atoms with van der Waals surface area (Å²) in [5, 5.41) is 16.9. The van der Waals surface area contributed by atoms with Gasteiger partial charge in [-0.2, -0.15) is 5.10 Å². The molecule has 1 atom stereocenters. The molecule has 0 aliphatic rings. The van der Waals surface area contributed by atoms with E-state index in [0.29, 0.717) is 16.1 Å². The number of aliphatic hydroxyl groups excluding tert-OH is 1. The molecule has 2 rings (SSSR count). The second-order valence-corrected chi connectivity index (χ2v) is 5.62. The van der Waals surface area contributed by atoms with E-state index < -0.39 is 6.10 Å². The standard InChI is InChI=1S/C13H13BrClN3O2/c1-18-7-8(5-17-18)12(19)6-16-13(20)10-4-9(14)2-3-11(10)15/h2-5,7,12,19H,6H2,1H3,(H,16,20)/t12-/m1/s1. The Balaban J connectivity index is 2.00. The number of aromatic nitrogens is 2. The number of benzene rings is 1. The van der Waals surface area contributed by atoms with Crippen LogP contribution in [0.2, 0.25) is 5.02 Å². The highest BCUT2D eigenvalue weighted by Crippen LogP contribution is 2.21. The second kappa shape index (κ2) is 6.39. The molecule has 0 radical (unpaired) electrons. The molecule has 0 saturated carbocycles. The molecule has 7 heteroatoms. The maximum absolute atomic E-state index is 12.0. The summed E-state index contributed by atoms with van der Waals surface area (Å²) in [7, 11) is 1.76. The van der Waals surface area contributed by atoms with E-state index in [1.807, 2.05) is 0 Å². The predicted octanol–water partition coefficient (Wildman–Crippen LogP) is 2.30. The van der Waals surface area contributed by atoms with Crippen molar-refractivity contribution in [1.29, 1.82) is 0 Å². The van der Waals surface area contributed by atoms with E-state index in [2.05, 4.69) is 26.3 Å². The molecule has 0 spiro atoms. The molecule has 2 N–H and O–H groups in total. The molecular formula is C13H13BrClN3O2. The Kier molecular flexibility index (Phi) is 4.80. The van der Waals surface area contributed by atoms with Crippen molar-refractivity contribution in [2.75, 3.05) is 6.54 Å². The van der Waals surface area contributed by atoms with Crippen molar-refractivity contribution >= 4 is 33.4 Å². The second-order valence-electron chi connectivity index (χ2n) is 4.30. The Hall–Kier alpha value is -1.37. The van der Waals surface area contributed by atoms with Crippen molar-refractivity contribution < 1.29 is 9.90 Å². The van der Waals surface area contributed by atoms with Crippen molar-refractivity contribution in [2.45, 2.75) is 6.10 Å². The average Bonchev–Trinajstić information content (AvgIpc) is 2.85. The highest BCUT2D eigenvalue weighted by Gasteiger charge is 2.14. The van der Waals surface area contributed by atoms with Gasteiger partial charge in [0, 0.05) is 29.8 Å². The maximum atomic E-state index is 12.0. The van der Waals surface area contributed by atoms with Crippen LogP contribution in [0.5, 0.6) is 0 Å².